The van der Waals surface area contributed by atoms with Gasteiger partial charge < -0.3 is 5.11 Å². The molecule has 0 aromatic carbocycles. The molecule has 0 radical (unpaired) electrons. The first kappa shape index (κ1) is 14.8. The highest BCUT2D eigenvalue weighted by Crippen LogP contribution is 2.72. The Balaban J connectivity index is 1.75. The predicted molar refractivity (Wildman–Crippen MR) is 87.4 cm³/mol. The van der Waals surface area contributed by atoms with Crippen molar-refractivity contribution in [2.45, 2.75) is 71.6 Å². The zero-order chi connectivity index (χ0) is 15.8. The molecule has 0 aromatic rings. The van der Waals surface area contributed by atoms with E-state index in [-0.39, 0.29) is 5.41 Å². The Hall–Kier alpha value is -0.790. The Morgan fingerprint density at radius 3 is 2.55 bits per heavy atom. The molecule has 5 rings (SSSR count). The molecule has 0 aromatic heterocycles. The topological polar surface area (TPSA) is 37.3 Å². The molecule has 0 unspecified atom stereocenters. The fourth-order valence-corrected chi connectivity index (χ4v) is 7.49. The van der Waals surface area contributed by atoms with E-state index < -0.39 is 11.4 Å². The highest BCUT2D eigenvalue weighted by molar-refractivity contribution is 5.75. The van der Waals surface area contributed by atoms with Gasteiger partial charge in [0.05, 0.1) is 5.41 Å². The monoisotopic (exact) mass is 302 g/mol. The zero-order valence-electron chi connectivity index (χ0n) is 14.2. The Morgan fingerprint density at radius 1 is 1.14 bits per heavy atom. The SMILES string of the molecule is C=C1C[C@]23CC[C@H]1C[C@H]2[C@]1(C)CCC[C@@](C)(C(=O)O)[C@H]1CC3. The van der Waals surface area contributed by atoms with Gasteiger partial charge in [-0.05, 0) is 86.9 Å². The van der Waals surface area contributed by atoms with E-state index in [0.29, 0.717) is 11.3 Å². The van der Waals surface area contributed by atoms with E-state index >= 15 is 0 Å². The van der Waals surface area contributed by atoms with Crippen molar-refractivity contribution in [2.75, 3.05) is 0 Å². The maximum atomic E-state index is 12.0. The van der Waals surface area contributed by atoms with Gasteiger partial charge in [-0.15, -0.1) is 0 Å². The molecule has 1 spiro atoms. The second-order valence-electron chi connectivity index (χ2n) is 9.39. The highest BCUT2D eigenvalue weighted by atomic mass is 16.4. The third kappa shape index (κ3) is 1.65. The molecule has 2 heteroatoms. The van der Waals surface area contributed by atoms with Crippen molar-refractivity contribution in [3.05, 3.63) is 12.2 Å². The number of fused-ring (bicyclic) bond motifs is 3. The van der Waals surface area contributed by atoms with Crippen molar-refractivity contribution in [2.24, 2.45) is 34.0 Å². The third-order valence-corrected chi connectivity index (χ3v) is 8.60. The van der Waals surface area contributed by atoms with Crippen molar-refractivity contribution in [1.29, 1.82) is 0 Å². The Kier molecular flexibility index (Phi) is 2.95. The summed E-state index contributed by atoms with van der Waals surface area (Å²) in [6.45, 7) is 8.86. The first-order valence-corrected chi connectivity index (χ1v) is 9.23. The standard InChI is InChI=1S/C20H30O2/c1-13-12-20-9-5-14(13)11-16(20)18(2)7-4-8-19(3,17(21)22)15(18)6-10-20/h14-16H,1,4-12H2,2-3H3,(H,21,22)/t14-,15-,16-,18+,19+,20+/m0/s1. The minimum Gasteiger partial charge on any atom is -0.481 e. The summed E-state index contributed by atoms with van der Waals surface area (Å²) in [7, 11) is 0. The molecular formula is C20H30O2. The smallest absolute Gasteiger partial charge is 0.309 e. The van der Waals surface area contributed by atoms with E-state index in [0.717, 1.165) is 31.1 Å². The molecule has 5 saturated carbocycles. The van der Waals surface area contributed by atoms with Gasteiger partial charge in [0.2, 0.25) is 0 Å². The first-order chi connectivity index (χ1) is 10.3. The van der Waals surface area contributed by atoms with E-state index in [1.807, 2.05) is 6.92 Å². The van der Waals surface area contributed by atoms with Gasteiger partial charge in [-0.3, -0.25) is 4.79 Å². The van der Waals surface area contributed by atoms with E-state index in [9.17, 15) is 9.90 Å². The summed E-state index contributed by atoms with van der Waals surface area (Å²) < 4.78 is 0. The van der Waals surface area contributed by atoms with Crippen LogP contribution in [0.15, 0.2) is 12.2 Å². The van der Waals surface area contributed by atoms with Gasteiger partial charge in [-0.2, -0.15) is 0 Å². The van der Waals surface area contributed by atoms with Crippen molar-refractivity contribution in [3.8, 4) is 0 Å². The van der Waals surface area contributed by atoms with Crippen LogP contribution in [0, 0.1) is 34.0 Å². The summed E-state index contributed by atoms with van der Waals surface area (Å²) in [6.07, 6.45) is 10.8. The van der Waals surface area contributed by atoms with Gasteiger partial charge >= 0.3 is 5.97 Å². The van der Waals surface area contributed by atoms with Gasteiger partial charge in [-0.1, -0.05) is 25.5 Å². The fourth-order valence-electron chi connectivity index (χ4n) is 7.49. The Bertz CT molecular complexity index is 538. The van der Waals surface area contributed by atoms with Crippen LogP contribution in [0.1, 0.15) is 71.6 Å². The molecule has 2 bridgehead atoms. The number of hydrogen-bond acceptors (Lipinski definition) is 1. The molecular weight excluding hydrogens is 272 g/mol. The number of carboxylic acid groups (broad SMARTS) is 1. The van der Waals surface area contributed by atoms with Crippen molar-refractivity contribution >= 4 is 5.97 Å². The summed E-state index contributed by atoms with van der Waals surface area (Å²) >= 11 is 0. The zero-order valence-corrected chi connectivity index (χ0v) is 14.2. The summed E-state index contributed by atoms with van der Waals surface area (Å²) in [5.41, 5.74) is 1.71. The molecule has 0 aliphatic heterocycles. The van der Waals surface area contributed by atoms with E-state index in [1.54, 1.807) is 0 Å². The summed E-state index contributed by atoms with van der Waals surface area (Å²) in [5.74, 6) is 1.28. The van der Waals surface area contributed by atoms with Crippen molar-refractivity contribution < 1.29 is 9.90 Å². The summed E-state index contributed by atoms with van der Waals surface area (Å²) in [4.78, 5) is 12.0. The number of carbonyl (C=O) groups is 1. The summed E-state index contributed by atoms with van der Waals surface area (Å²) in [6, 6.07) is 0. The predicted octanol–water partition coefficient (Wildman–Crippen LogP) is 5.04. The van der Waals surface area contributed by atoms with Gasteiger partial charge in [0.15, 0.2) is 0 Å². The molecule has 0 heterocycles. The number of aliphatic carboxylic acids is 1. The van der Waals surface area contributed by atoms with Crippen LogP contribution in [0.4, 0.5) is 0 Å². The molecule has 0 saturated heterocycles. The lowest BCUT2D eigenvalue weighted by atomic mass is 9.37. The van der Waals surface area contributed by atoms with Crippen LogP contribution >= 0.6 is 0 Å². The molecule has 22 heavy (non-hydrogen) atoms. The lowest BCUT2D eigenvalue weighted by Gasteiger charge is -2.67. The number of allylic oxidation sites excluding steroid dienone is 1. The maximum absolute atomic E-state index is 12.0. The molecule has 122 valence electrons. The molecule has 5 aliphatic rings. The van der Waals surface area contributed by atoms with Crippen LogP contribution in [-0.4, -0.2) is 11.1 Å². The lowest BCUT2D eigenvalue weighted by Crippen LogP contribution is -2.61. The normalized spacial score (nSPS) is 53.7. The number of hydrogen-bond donors (Lipinski definition) is 1. The quantitative estimate of drug-likeness (QED) is 0.689. The average molecular weight is 302 g/mol. The Morgan fingerprint density at radius 2 is 1.86 bits per heavy atom. The maximum Gasteiger partial charge on any atom is 0.309 e. The first-order valence-electron chi connectivity index (χ1n) is 9.23. The van der Waals surface area contributed by atoms with Crippen LogP contribution in [0.3, 0.4) is 0 Å². The van der Waals surface area contributed by atoms with Crippen LogP contribution in [0.5, 0.6) is 0 Å². The second-order valence-corrected chi connectivity index (χ2v) is 9.39. The number of carboxylic acids is 1. The summed E-state index contributed by atoms with van der Waals surface area (Å²) in [5, 5.41) is 9.91. The largest absolute Gasteiger partial charge is 0.481 e. The van der Waals surface area contributed by atoms with Crippen LogP contribution in [0.2, 0.25) is 0 Å². The molecule has 1 N–H and O–H groups in total. The van der Waals surface area contributed by atoms with Gasteiger partial charge in [0.1, 0.15) is 0 Å². The Labute approximate surface area is 134 Å². The van der Waals surface area contributed by atoms with Crippen molar-refractivity contribution in [1.82, 2.24) is 0 Å². The van der Waals surface area contributed by atoms with E-state index in [4.69, 9.17) is 0 Å². The van der Waals surface area contributed by atoms with Crippen LogP contribution in [0.25, 0.3) is 0 Å². The van der Waals surface area contributed by atoms with Crippen molar-refractivity contribution in [3.63, 3.8) is 0 Å². The average Bonchev–Trinajstić information content (AvgIpc) is 2.46. The van der Waals surface area contributed by atoms with Gasteiger partial charge in [0, 0.05) is 0 Å². The van der Waals surface area contributed by atoms with Gasteiger partial charge in [-0.25, -0.2) is 0 Å². The highest BCUT2D eigenvalue weighted by Gasteiger charge is 2.64. The molecule has 5 fully saturated rings. The number of rotatable bonds is 1. The lowest BCUT2D eigenvalue weighted by molar-refractivity contribution is -0.190. The fraction of sp³-hybridized carbons (Fsp3) is 0.850. The molecule has 5 aliphatic carbocycles. The molecule has 2 nitrogen and oxygen atoms in total. The van der Waals surface area contributed by atoms with E-state index in [2.05, 4.69) is 13.5 Å². The van der Waals surface area contributed by atoms with E-state index in [1.165, 1.54) is 44.1 Å². The molecule has 0 amide bonds. The second kappa shape index (κ2) is 4.39. The third-order valence-electron chi connectivity index (χ3n) is 8.60. The van der Waals surface area contributed by atoms with Crippen LogP contribution in [-0.2, 0) is 4.79 Å². The van der Waals surface area contributed by atoms with Gasteiger partial charge in [0.25, 0.3) is 0 Å². The van der Waals surface area contributed by atoms with Crippen LogP contribution < -0.4 is 0 Å². The minimum atomic E-state index is -0.551. The minimum absolute atomic E-state index is 0.239. The molecule has 6 atom stereocenters.